The molecule has 2 rings (SSSR count). The van der Waals surface area contributed by atoms with Crippen molar-refractivity contribution in [3.8, 4) is 0 Å². The van der Waals surface area contributed by atoms with Crippen LogP contribution in [-0.4, -0.2) is 49.8 Å². The Morgan fingerprint density at radius 2 is 1.86 bits per heavy atom. The summed E-state index contributed by atoms with van der Waals surface area (Å²) in [6.07, 6.45) is -1.86. The van der Waals surface area contributed by atoms with Crippen molar-refractivity contribution in [3.05, 3.63) is 35.4 Å². The topological polar surface area (TPSA) is 39.7 Å². The van der Waals surface area contributed by atoms with E-state index in [1.54, 1.807) is 0 Å². The van der Waals surface area contributed by atoms with Crippen molar-refractivity contribution < 1.29 is 22.0 Å². The first kappa shape index (κ1) is 25.9. The van der Waals surface area contributed by atoms with Gasteiger partial charge in [0.15, 0.2) is 5.96 Å². The van der Waals surface area contributed by atoms with Crippen molar-refractivity contribution in [2.24, 2.45) is 10.9 Å². The fourth-order valence-electron chi connectivity index (χ4n) is 3.25. The second kappa shape index (κ2) is 12.5. The lowest BCUT2D eigenvalue weighted by Gasteiger charge is -2.32. The first-order chi connectivity index (χ1) is 13.3. The molecule has 0 atom stereocenters. The van der Waals surface area contributed by atoms with Gasteiger partial charge in [-0.25, -0.2) is 13.8 Å². The summed E-state index contributed by atoms with van der Waals surface area (Å²) in [6, 6.07) is 3.26. The van der Waals surface area contributed by atoms with Gasteiger partial charge in [-0.05, 0) is 63.4 Å². The first-order valence-electron chi connectivity index (χ1n) is 9.52. The zero-order valence-corrected chi connectivity index (χ0v) is 18.7. The van der Waals surface area contributed by atoms with Crippen LogP contribution in [0.1, 0.15) is 31.7 Å². The van der Waals surface area contributed by atoms with Gasteiger partial charge in [0.2, 0.25) is 0 Å². The van der Waals surface area contributed by atoms with E-state index in [0.29, 0.717) is 38.1 Å². The second-order valence-electron chi connectivity index (χ2n) is 6.98. The van der Waals surface area contributed by atoms with E-state index in [-0.39, 0.29) is 36.1 Å². The molecule has 1 heterocycles. The summed E-state index contributed by atoms with van der Waals surface area (Å²) in [5, 5.41) is 6.20. The normalized spacial score (nSPS) is 16.4. The molecule has 0 aromatic heterocycles. The molecule has 2 N–H and O–H groups in total. The van der Waals surface area contributed by atoms with Crippen molar-refractivity contribution in [1.29, 1.82) is 0 Å². The van der Waals surface area contributed by atoms with Crippen LogP contribution in [0.2, 0.25) is 0 Å². The average molecular weight is 534 g/mol. The van der Waals surface area contributed by atoms with Crippen molar-refractivity contribution in [2.75, 3.05) is 32.7 Å². The third-order valence-corrected chi connectivity index (χ3v) is 4.71. The number of rotatable bonds is 7. The maximum absolute atomic E-state index is 13.7. The molecule has 0 aliphatic carbocycles. The van der Waals surface area contributed by atoms with Crippen LogP contribution in [0, 0.1) is 17.6 Å². The molecular weight excluding hydrogens is 506 g/mol. The summed E-state index contributed by atoms with van der Waals surface area (Å²) in [6.45, 7) is 3.21. The van der Waals surface area contributed by atoms with Gasteiger partial charge >= 0.3 is 6.18 Å². The van der Waals surface area contributed by atoms with Crippen molar-refractivity contribution in [3.63, 3.8) is 0 Å². The van der Waals surface area contributed by atoms with E-state index in [4.69, 9.17) is 0 Å². The zero-order chi connectivity index (χ0) is 20.6. The molecule has 29 heavy (non-hydrogen) atoms. The quantitative estimate of drug-likeness (QED) is 0.237. The predicted molar refractivity (Wildman–Crippen MR) is 114 cm³/mol. The molecule has 1 saturated heterocycles. The van der Waals surface area contributed by atoms with Crippen LogP contribution in [0.5, 0.6) is 0 Å². The number of likely N-dealkylation sites (tertiary alicyclic amines) is 1. The van der Waals surface area contributed by atoms with Gasteiger partial charge < -0.3 is 10.6 Å². The Bertz CT molecular complexity index is 646. The Hall–Kier alpha value is -1.17. The van der Waals surface area contributed by atoms with E-state index in [2.05, 4.69) is 15.6 Å². The minimum absolute atomic E-state index is 0. The molecule has 1 aromatic carbocycles. The highest BCUT2D eigenvalue weighted by Crippen LogP contribution is 2.24. The van der Waals surface area contributed by atoms with Gasteiger partial charge in [0.05, 0.1) is 13.1 Å². The van der Waals surface area contributed by atoms with E-state index in [9.17, 15) is 22.0 Å². The molecule has 1 aliphatic heterocycles. The van der Waals surface area contributed by atoms with Gasteiger partial charge in [0.25, 0.3) is 0 Å². The number of aliphatic imine (C=N–C) groups is 1. The number of benzene rings is 1. The number of hydrogen-bond acceptors (Lipinski definition) is 2. The molecule has 4 nitrogen and oxygen atoms in total. The smallest absolute Gasteiger partial charge is 0.357 e. The summed E-state index contributed by atoms with van der Waals surface area (Å²) in [5.74, 6) is -0.158. The molecule has 1 fully saturated rings. The monoisotopic (exact) mass is 534 g/mol. The maximum atomic E-state index is 13.7. The van der Waals surface area contributed by atoms with Gasteiger partial charge in [0.1, 0.15) is 11.6 Å². The summed E-state index contributed by atoms with van der Waals surface area (Å²) in [4.78, 5) is 5.72. The Morgan fingerprint density at radius 3 is 2.48 bits per heavy atom. The lowest BCUT2D eigenvalue weighted by Crippen LogP contribution is -2.41. The van der Waals surface area contributed by atoms with Gasteiger partial charge in [-0.2, -0.15) is 13.2 Å². The predicted octanol–water partition coefficient (Wildman–Crippen LogP) is 4.30. The van der Waals surface area contributed by atoms with E-state index in [1.165, 1.54) is 4.90 Å². The highest BCUT2D eigenvalue weighted by Gasteiger charge is 2.32. The van der Waals surface area contributed by atoms with Gasteiger partial charge in [0, 0.05) is 18.7 Å². The Labute approximate surface area is 185 Å². The second-order valence-corrected chi connectivity index (χ2v) is 6.98. The molecule has 1 aliphatic rings. The molecule has 10 heteroatoms. The molecule has 0 unspecified atom stereocenters. The fourth-order valence-corrected chi connectivity index (χ4v) is 3.25. The Morgan fingerprint density at radius 1 is 1.17 bits per heavy atom. The summed E-state index contributed by atoms with van der Waals surface area (Å²) in [7, 11) is 0. The highest BCUT2D eigenvalue weighted by atomic mass is 127. The molecule has 166 valence electrons. The third-order valence-electron chi connectivity index (χ3n) is 4.71. The first-order valence-corrected chi connectivity index (χ1v) is 9.52. The standard InChI is InChI=1S/C19H27F5N4.HI/c1-2-25-18(27-12-15-11-16(20)3-4-17(15)21)26-8-5-14-6-9-28(10-7-14)13-19(22,23)24;/h3-4,11,14H,2,5-10,12-13H2,1H3,(H2,25,26,27);1H. The molecule has 0 amide bonds. The lowest BCUT2D eigenvalue weighted by molar-refractivity contribution is -0.148. The average Bonchev–Trinajstić information content (AvgIpc) is 2.62. The third kappa shape index (κ3) is 9.92. The Balaban J connectivity index is 0.00000420. The molecule has 0 spiro atoms. The van der Waals surface area contributed by atoms with Gasteiger partial charge in [-0.15, -0.1) is 24.0 Å². The van der Waals surface area contributed by atoms with Crippen molar-refractivity contribution in [1.82, 2.24) is 15.5 Å². The number of hydrogen-bond donors (Lipinski definition) is 2. The molecule has 1 aromatic rings. The van der Waals surface area contributed by atoms with Gasteiger partial charge in [-0.1, -0.05) is 0 Å². The van der Waals surface area contributed by atoms with Crippen LogP contribution in [-0.2, 0) is 6.54 Å². The molecular formula is C19H28F5IN4. The Kier molecular flexibility index (Phi) is 11.2. The number of piperidine rings is 1. The van der Waals surface area contributed by atoms with E-state index >= 15 is 0 Å². The minimum Gasteiger partial charge on any atom is -0.357 e. The number of guanidine groups is 1. The number of nitrogens with zero attached hydrogens (tertiary/aromatic N) is 2. The lowest BCUT2D eigenvalue weighted by atomic mass is 9.93. The van der Waals surface area contributed by atoms with Gasteiger partial charge in [-0.3, -0.25) is 4.90 Å². The molecule has 0 bridgehead atoms. The molecule has 0 radical (unpaired) electrons. The summed E-state index contributed by atoms with van der Waals surface area (Å²) in [5.41, 5.74) is 0.175. The molecule has 0 saturated carbocycles. The zero-order valence-electron chi connectivity index (χ0n) is 16.4. The minimum atomic E-state index is -4.15. The number of nitrogens with one attached hydrogen (secondary N) is 2. The highest BCUT2D eigenvalue weighted by molar-refractivity contribution is 14.0. The van der Waals surface area contributed by atoms with Crippen LogP contribution < -0.4 is 10.6 Å². The number of halogens is 6. The SMILES string of the molecule is CCNC(=NCc1cc(F)ccc1F)NCCC1CCN(CC(F)(F)F)CC1.I. The van der Waals surface area contributed by atoms with Crippen LogP contribution in [0.4, 0.5) is 22.0 Å². The summed E-state index contributed by atoms with van der Waals surface area (Å²) >= 11 is 0. The summed E-state index contributed by atoms with van der Waals surface area (Å²) < 4.78 is 64.2. The fraction of sp³-hybridized carbons (Fsp3) is 0.632. The number of alkyl halides is 3. The van der Waals surface area contributed by atoms with E-state index in [0.717, 1.165) is 37.5 Å². The van der Waals surface area contributed by atoms with Crippen molar-refractivity contribution in [2.45, 2.75) is 38.9 Å². The maximum Gasteiger partial charge on any atom is 0.401 e. The largest absolute Gasteiger partial charge is 0.401 e. The van der Waals surface area contributed by atoms with Crippen molar-refractivity contribution >= 4 is 29.9 Å². The van der Waals surface area contributed by atoms with E-state index < -0.39 is 24.4 Å². The van der Waals surface area contributed by atoms with Crippen LogP contribution in [0.15, 0.2) is 23.2 Å². The van der Waals surface area contributed by atoms with E-state index in [1.807, 2.05) is 6.92 Å². The van der Waals surface area contributed by atoms with Crippen LogP contribution in [0.25, 0.3) is 0 Å². The van der Waals surface area contributed by atoms with Crippen LogP contribution >= 0.6 is 24.0 Å². The van der Waals surface area contributed by atoms with Crippen LogP contribution in [0.3, 0.4) is 0 Å².